The Bertz CT molecular complexity index is 222. The molecular formula is C13H26N2O. The molecule has 0 radical (unpaired) electrons. The summed E-state index contributed by atoms with van der Waals surface area (Å²) in [5.41, 5.74) is 5.99. The van der Waals surface area contributed by atoms with Gasteiger partial charge < -0.3 is 15.7 Å². The highest BCUT2D eigenvalue weighted by Gasteiger charge is 2.43. The van der Waals surface area contributed by atoms with E-state index in [1.54, 1.807) is 0 Å². The predicted octanol–water partition coefficient (Wildman–Crippen LogP) is 1.21. The molecule has 3 N–H and O–H groups in total. The van der Waals surface area contributed by atoms with Gasteiger partial charge in [0.2, 0.25) is 0 Å². The SMILES string of the molecule is CCC1CCN(CC(N)(CO)C2CC2)CC1. The summed E-state index contributed by atoms with van der Waals surface area (Å²) < 4.78 is 0. The molecule has 3 nitrogen and oxygen atoms in total. The summed E-state index contributed by atoms with van der Waals surface area (Å²) in [4.78, 5) is 2.46. The van der Waals surface area contributed by atoms with E-state index in [4.69, 9.17) is 5.73 Å². The Morgan fingerprint density at radius 2 is 1.88 bits per heavy atom. The summed E-state index contributed by atoms with van der Waals surface area (Å²) in [6, 6.07) is 0. The number of aliphatic hydroxyl groups is 1. The van der Waals surface area contributed by atoms with Crippen LogP contribution >= 0.6 is 0 Å². The van der Waals surface area contributed by atoms with Crippen LogP contribution in [0.1, 0.15) is 39.0 Å². The summed E-state index contributed by atoms with van der Waals surface area (Å²) in [5.74, 6) is 1.49. The average molecular weight is 226 g/mol. The second-order valence-electron chi connectivity index (χ2n) is 5.79. The molecule has 1 aliphatic carbocycles. The minimum Gasteiger partial charge on any atom is -0.394 e. The summed E-state index contributed by atoms with van der Waals surface area (Å²) in [6.45, 7) is 5.66. The summed E-state index contributed by atoms with van der Waals surface area (Å²) in [5, 5.41) is 9.47. The van der Waals surface area contributed by atoms with Crippen molar-refractivity contribution in [3.05, 3.63) is 0 Å². The number of likely N-dealkylation sites (tertiary alicyclic amines) is 1. The zero-order valence-electron chi connectivity index (χ0n) is 10.5. The van der Waals surface area contributed by atoms with Crippen molar-refractivity contribution in [1.82, 2.24) is 4.90 Å². The molecule has 16 heavy (non-hydrogen) atoms. The molecule has 2 rings (SSSR count). The Balaban J connectivity index is 1.81. The molecule has 1 heterocycles. The summed E-state index contributed by atoms with van der Waals surface area (Å²) >= 11 is 0. The largest absolute Gasteiger partial charge is 0.394 e. The van der Waals surface area contributed by atoms with Crippen LogP contribution < -0.4 is 5.73 Å². The van der Waals surface area contributed by atoms with Gasteiger partial charge in [0.1, 0.15) is 0 Å². The van der Waals surface area contributed by atoms with Gasteiger partial charge in [-0.3, -0.25) is 0 Å². The van der Waals surface area contributed by atoms with Crippen molar-refractivity contribution in [3.63, 3.8) is 0 Å². The fourth-order valence-corrected chi connectivity index (χ4v) is 2.94. The van der Waals surface area contributed by atoms with E-state index in [1.807, 2.05) is 0 Å². The number of nitrogens with zero attached hydrogens (tertiary/aromatic N) is 1. The van der Waals surface area contributed by atoms with Crippen molar-refractivity contribution in [1.29, 1.82) is 0 Å². The number of hydrogen-bond acceptors (Lipinski definition) is 3. The molecule has 0 spiro atoms. The molecule has 1 aliphatic heterocycles. The highest BCUT2D eigenvalue weighted by Crippen LogP contribution is 2.38. The first-order chi connectivity index (χ1) is 7.68. The van der Waals surface area contributed by atoms with Crippen LogP contribution in [-0.4, -0.2) is 41.8 Å². The van der Waals surface area contributed by atoms with Gasteiger partial charge in [-0.25, -0.2) is 0 Å². The lowest BCUT2D eigenvalue weighted by Gasteiger charge is -2.38. The first-order valence-electron chi connectivity index (χ1n) is 6.80. The molecule has 0 amide bonds. The Labute approximate surface area is 99.0 Å². The van der Waals surface area contributed by atoms with Gasteiger partial charge in [0.25, 0.3) is 0 Å². The van der Waals surface area contributed by atoms with Crippen LogP contribution in [0.5, 0.6) is 0 Å². The van der Waals surface area contributed by atoms with Gasteiger partial charge >= 0.3 is 0 Å². The average Bonchev–Trinajstić information content (AvgIpc) is 3.14. The molecule has 1 saturated carbocycles. The van der Waals surface area contributed by atoms with E-state index in [-0.39, 0.29) is 12.1 Å². The van der Waals surface area contributed by atoms with Crippen molar-refractivity contribution in [2.75, 3.05) is 26.2 Å². The van der Waals surface area contributed by atoms with E-state index in [0.29, 0.717) is 5.92 Å². The van der Waals surface area contributed by atoms with Gasteiger partial charge in [0.05, 0.1) is 12.1 Å². The Hall–Kier alpha value is -0.120. The van der Waals surface area contributed by atoms with E-state index in [2.05, 4.69) is 11.8 Å². The van der Waals surface area contributed by atoms with Gasteiger partial charge in [-0.1, -0.05) is 13.3 Å². The minimum atomic E-state index is -0.320. The number of piperidine rings is 1. The third kappa shape index (κ3) is 2.76. The maximum atomic E-state index is 9.47. The highest BCUT2D eigenvalue weighted by molar-refractivity contribution is 5.00. The first-order valence-corrected chi connectivity index (χ1v) is 6.80. The molecule has 3 heteroatoms. The van der Waals surface area contributed by atoms with E-state index in [0.717, 1.165) is 12.5 Å². The Morgan fingerprint density at radius 3 is 2.31 bits per heavy atom. The summed E-state index contributed by atoms with van der Waals surface area (Å²) in [6.07, 6.45) is 6.35. The Morgan fingerprint density at radius 1 is 1.25 bits per heavy atom. The van der Waals surface area contributed by atoms with E-state index in [9.17, 15) is 5.11 Å². The molecule has 0 aromatic carbocycles. The van der Waals surface area contributed by atoms with Crippen molar-refractivity contribution in [3.8, 4) is 0 Å². The van der Waals surface area contributed by atoms with Crippen LogP contribution in [0.3, 0.4) is 0 Å². The lowest BCUT2D eigenvalue weighted by molar-refractivity contribution is 0.0961. The summed E-state index contributed by atoms with van der Waals surface area (Å²) in [7, 11) is 0. The van der Waals surface area contributed by atoms with Crippen LogP contribution in [0, 0.1) is 11.8 Å². The topological polar surface area (TPSA) is 49.5 Å². The molecule has 0 aromatic heterocycles. The standard InChI is InChI=1S/C13H26N2O/c1-2-11-5-7-15(8-6-11)9-13(14,10-16)12-3-4-12/h11-12,16H,2-10,14H2,1H3. The zero-order valence-corrected chi connectivity index (χ0v) is 10.5. The fraction of sp³-hybridized carbons (Fsp3) is 1.00. The normalized spacial score (nSPS) is 27.9. The number of aliphatic hydroxyl groups excluding tert-OH is 1. The van der Waals surface area contributed by atoms with E-state index >= 15 is 0 Å². The smallest absolute Gasteiger partial charge is 0.0626 e. The quantitative estimate of drug-likeness (QED) is 0.741. The van der Waals surface area contributed by atoms with Crippen molar-refractivity contribution < 1.29 is 5.11 Å². The maximum Gasteiger partial charge on any atom is 0.0626 e. The molecule has 1 saturated heterocycles. The fourth-order valence-electron chi connectivity index (χ4n) is 2.94. The van der Waals surface area contributed by atoms with E-state index in [1.165, 1.54) is 45.2 Å². The van der Waals surface area contributed by atoms with Gasteiger partial charge in [0.15, 0.2) is 0 Å². The van der Waals surface area contributed by atoms with Gasteiger partial charge in [-0.05, 0) is 50.6 Å². The van der Waals surface area contributed by atoms with Crippen LogP contribution in [0.4, 0.5) is 0 Å². The molecule has 2 aliphatic rings. The van der Waals surface area contributed by atoms with Crippen molar-refractivity contribution in [2.24, 2.45) is 17.6 Å². The zero-order chi connectivity index (χ0) is 11.6. The monoisotopic (exact) mass is 226 g/mol. The molecular weight excluding hydrogens is 200 g/mol. The molecule has 2 fully saturated rings. The van der Waals surface area contributed by atoms with Crippen LogP contribution in [0.2, 0.25) is 0 Å². The minimum absolute atomic E-state index is 0.144. The third-order valence-electron chi connectivity index (χ3n) is 4.49. The van der Waals surface area contributed by atoms with Crippen LogP contribution in [0.15, 0.2) is 0 Å². The number of hydrogen-bond donors (Lipinski definition) is 2. The molecule has 1 unspecified atom stereocenters. The van der Waals surface area contributed by atoms with Crippen LogP contribution in [0.25, 0.3) is 0 Å². The lowest BCUT2D eigenvalue weighted by Crippen LogP contribution is -2.56. The van der Waals surface area contributed by atoms with E-state index < -0.39 is 0 Å². The molecule has 1 atom stereocenters. The molecule has 94 valence electrons. The van der Waals surface area contributed by atoms with Gasteiger partial charge in [-0.15, -0.1) is 0 Å². The number of nitrogens with two attached hydrogens (primary N) is 1. The highest BCUT2D eigenvalue weighted by atomic mass is 16.3. The van der Waals surface area contributed by atoms with Crippen molar-refractivity contribution >= 4 is 0 Å². The third-order valence-corrected chi connectivity index (χ3v) is 4.49. The second-order valence-corrected chi connectivity index (χ2v) is 5.79. The maximum absolute atomic E-state index is 9.47. The van der Waals surface area contributed by atoms with Gasteiger partial charge in [-0.2, -0.15) is 0 Å². The Kier molecular flexibility index (Phi) is 3.88. The van der Waals surface area contributed by atoms with Crippen LogP contribution in [-0.2, 0) is 0 Å². The predicted molar refractivity (Wildman–Crippen MR) is 66.2 cm³/mol. The molecule has 0 bridgehead atoms. The lowest BCUT2D eigenvalue weighted by atomic mass is 9.90. The second kappa shape index (κ2) is 5.03. The van der Waals surface area contributed by atoms with Gasteiger partial charge in [0, 0.05) is 6.54 Å². The van der Waals surface area contributed by atoms with Crippen molar-refractivity contribution in [2.45, 2.75) is 44.6 Å². The first kappa shape index (κ1) is 12.3. The number of rotatable bonds is 5. The molecule has 0 aromatic rings.